The van der Waals surface area contributed by atoms with Crippen LogP contribution in [0.4, 0.5) is 0 Å². The topological polar surface area (TPSA) is 58.4 Å². The van der Waals surface area contributed by atoms with Crippen LogP contribution in [-0.4, -0.2) is 50.8 Å². The first-order valence-electron chi connectivity index (χ1n) is 8.80. The number of likely N-dealkylation sites (tertiary alicyclic amines) is 1. The Morgan fingerprint density at radius 3 is 2.96 bits per heavy atom. The lowest BCUT2D eigenvalue weighted by molar-refractivity contribution is -0.0404. The average Bonchev–Trinajstić information content (AvgIpc) is 2.52. The number of aliphatic hydroxyl groups is 1. The first-order chi connectivity index (χ1) is 11.2. The molecule has 1 saturated heterocycles. The highest BCUT2D eigenvalue weighted by Crippen LogP contribution is 2.29. The molecule has 0 radical (unpaired) electrons. The highest BCUT2D eigenvalue weighted by atomic mass is 32.2. The van der Waals surface area contributed by atoms with Gasteiger partial charge in [-0.25, -0.2) is 4.68 Å². The third kappa shape index (κ3) is 3.21. The Labute approximate surface area is 141 Å². The van der Waals surface area contributed by atoms with Gasteiger partial charge in [-0.3, -0.25) is 9.69 Å². The minimum absolute atomic E-state index is 0.0439. The van der Waals surface area contributed by atoms with Gasteiger partial charge in [-0.15, -0.1) is 0 Å². The lowest BCUT2D eigenvalue weighted by Gasteiger charge is -2.47. The monoisotopic (exact) mass is 335 g/mol. The molecule has 23 heavy (non-hydrogen) atoms. The van der Waals surface area contributed by atoms with Gasteiger partial charge in [-0.1, -0.05) is 12.8 Å². The van der Waals surface area contributed by atoms with Crippen LogP contribution in [0, 0.1) is 5.92 Å². The molecule has 3 heterocycles. The van der Waals surface area contributed by atoms with E-state index in [1.807, 2.05) is 11.8 Å². The molecule has 2 unspecified atom stereocenters. The van der Waals surface area contributed by atoms with Crippen LogP contribution in [-0.2, 0) is 18.7 Å². The van der Waals surface area contributed by atoms with Crippen LogP contribution in [0.3, 0.4) is 0 Å². The van der Waals surface area contributed by atoms with E-state index in [9.17, 15) is 9.90 Å². The van der Waals surface area contributed by atoms with Crippen molar-refractivity contribution >= 4 is 11.8 Å². The molecule has 2 fully saturated rings. The summed E-state index contributed by atoms with van der Waals surface area (Å²) in [7, 11) is 0. The minimum atomic E-state index is -0.160. The second-order valence-corrected chi connectivity index (χ2v) is 8.28. The largest absolute Gasteiger partial charge is 0.391 e. The average molecular weight is 335 g/mol. The summed E-state index contributed by atoms with van der Waals surface area (Å²) in [5, 5.41) is 14.8. The maximum atomic E-state index is 12.2. The molecule has 4 rings (SSSR count). The normalized spacial score (nSPS) is 29.1. The Hall–Kier alpha value is -0.850. The fraction of sp³-hybridized carbons (Fsp3) is 0.765. The van der Waals surface area contributed by atoms with Crippen molar-refractivity contribution in [2.24, 2.45) is 5.92 Å². The van der Waals surface area contributed by atoms with Gasteiger partial charge in [0.05, 0.1) is 18.3 Å². The van der Waals surface area contributed by atoms with E-state index >= 15 is 0 Å². The molecule has 3 aliphatic rings. The summed E-state index contributed by atoms with van der Waals surface area (Å²) < 4.78 is 1.67. The van der Waals surface area contributed by atoms with E-state index < -0.39 is 0 Å². The molecule has 1 aliphatic carbocycles. The van der Waals surface area contributed by atoms with Crippen molar-refractivity contribution in [2.75, 3.05) is 18.8 Å². The molecule has 1 aromatic heterocycles. The molecule has 0 spiro atoms. The van der Waals surface area contributed by atoms with E-state index in [2.05, 4.69) is 10.00 Å². The van der Waals surface area contributed by atoms with Crippen LogP contribution in [0.1, 0.15) is 36.9 Å². The van der Waals surface area contributed by atoms with Crippen molar-refractivity contribution in [1.29, 1.82) is 0 Å². The number of hydrogen-bond donors (Lipinski definition) is 1. The molecular formula is C17H25N3O2S. The predicted octanol–water partition coefficient (Wildman–Crippen LogP) is 1.27. The van der Waals surface area contributed by atoms with Gasteiger partial charge in [-0.2, -0.15) is 16.9 Å². The van der Waals surface area contributed by atoms with Crippen LogP contribution in [0.5, 0.6) is 0 Å². The van der Waals surface area contributed by atoms with E-state index in [1.165, 1.54) is 6.42 Å². The maximum absolute atomic E-state index is 12.2. The number of hydrogen-bond acceptors (Lipinski definition) is 5. The minimum Gasteiger partial charge on any atom is -0.391 e. The predicted molar refractivity (Wildman–Crippen MR) is 91.7 cm³/mol. The van der Waals surface area contributed by atoms with Crippen molar-refractivity contribution in [3.8, 4) is 0 Å². The molecule has 0 bridgehead atoms. The van der Waals surface area contributed by atoms with E-state index in [4.69, 9.17) is 0 Å². The van der Waals surface area contributed by atoms with Crippen LogP contribution < -0.4 is 5.56 Å². The van der Waals surface area contributed by atoms with Crippen molar-refractivity contribution in [2.45, 2.75) is 56.5 Å². The van der Waals surface area contributed by atoms with E-state index in [1.54, 1.807) is 10.7 Å². The Morgan fingerprint density at radius 1 is 1.30 bits per heavy atom. The van der Waals surface area contributed by atoms with Crippen LogP contribution in [0.2, 0.25) is 0 Å². The van der Waals surface area contributed by atoms with Gasteiger partial charge in [0.25, 0.3) is 5.56 Å². The number of aryl methyl sites for hydroxylation is 1. The van der Waals surface area contributed by atoms with E-state index in [-0.39, 0.29) is 11.7 Å². The molecular weight excluding hydrogens is 310 g/mol. The van der Waals surface area contributed by atoms with Crippen molar-refractivity contribution < 1.29 is 5.11 Å². The lowest BCUT2D eigenvalue weighted by Crippen LogP contribution is -2.58. The maximum Gasteiger partial charge on any atom is 0.267 e. The zero-order chi connectivity index (χ0) is 15.8. The second kappa shape index (κ2) is 6.57. The number of aromatic nitrogens is 2. The second-order valence-electron chi connectivity index (χ2n) is 7.18. The van der Waals surface area contributed by atoms with Gasteiger partial charge < -0.3 is 5.11 Å². The Bertz CT molecular complexity index is 627. The smallest absolute Gasteiger partial charge is 0.267 e. The fourth-order valence-electron chi connectivity index (χ4n) is 4.14. The summed E-state index contributed by atoms with van der Waals surface area (Å²) in [4.78, 5) is 14.6. The van der Waals surface area contributed by atoms with Gasteiger partial charge >= 0.3 is 0 Å². The third-order valence-corrected chi connectivity index (χ3v) is 6.49. The van der Waals surface area contributed by atoms with Crippen molar-refractivity contribution in [3.05, 3.63) is 27.7 Å². The Balaban J connectivity index is 1.38. The molecule has 6 heteroatoms. The van der Waals surface area contributed by atoms with Gasteiger partial charge in [0.1, 0.15) is 0 Å². The highest BCUT2D eigenvalue weighted by Gasteiger charge is 2.37. The zero-order valence-electron chi connectivity index (χ0n) is 13.5. The molecule has 5 nitrogen and oxygen atoms in total. The van der Waals surface area contributed by atoms with Crippen molar-refractivity contribution in [3.63, 3.8) is 0 Å². The Kier molecular flexibility index (Phi) is 4.48. The zero-order valence-corrected chi connectivity index (χ0v) is 14.3. The highest BCUT2D eigenvalue weighted by molar-refractivity contribution is 7.98. The summed E-state index contributed by atoms with van der Waals surface area (Å²) in [6.45, 7) is 2.70. The van der Waals surface area contributed by atoms with E-state index in [0.717, 1.165) is 68.1 Å². The lowest BCUT2D eigenvalue weighted by atomic mass is 9.87. The van der Waals surface area contributed by atoms with Gasteiger partial charge in [0, 0.05) is 43.3 Å². The molecule has 2 atom stereocenters. The number of aliphatic hydroxyl groups excluding tert-OH is 1. The van der Waals surface area contributed by atoms with Crippen LogP contribution in [0.25, 0.3) is 0 Å². The van der Waals surface area contributed by atoms with Gasteiger partial charge in [-0.05, 0) is 24.2 Å². The number of fused-ring (bicyclic) bond motifs is 1. The van der Waals surface area contributed by atoms with Crippen LogP contribution in [0.15, 0.2) is 10.9 Å². The quantitative estimate of drug-likeness (QED) is 0.901. The molecule has 0 aromatic carbocycles. The molecule has 1 N–H and O–H groups in total. The summed E-state index contributed by atoms with van der Waals surface area (Å²) in [6.07, 6.45) is 5.25. The first-order valence-corrected chi connectivity index (χ1v) is 9.96. The van der Waals surface area contributed by atoms with Crippen LogP contribution >= 0.6 is 11.8 Å². The summed E-state index contributed by atoms with van der Waals surface area (Å²) in [6, 6.07) is 2.13. The molecule has 126 valence electrons. The standard InChI is InChI=1S/C17H25N3O2S/c21-16-4-2-1-3-15(16)19-8-12(9-19)10-20-17(22)7-13-11-23-6-5-14(13)18-20/h7,12,15-16,21H,1-6,8-11H2. The summed E-state index contributed by atoms with van der Waals surface area (Å²) in [5.41, 5.74) is 2.28. The third-order valence-electron chi connectivity index (χ3n) is 5.48. The van der Waals surface area contributed by atoms with Gasteiger partial charge in [0.2, 0.25) is 0 Å². The van der Waals surface area contributed by atoms with Crippen molar-refractivity contribution in [1.82, 2.24) is 14.7 Å². The molecule has 2 aliphatic heterocycles. The Morgan fingerprint density at radius 2 is 2.13 bits per heavy atom. The number of rotatable bonds is 3. The summed E-state index contributed by atoms with van der Waals surface area (Å²) in [5.74, 6) is 2.52. The fourth-order valence-corrected chi connectivity index (χ4v) is 5.09. The number of nitrogens with zero attached hydrogens (tertiary/aromatic N) is 3. The van der Waals surface area contributed by atoms with Gasteiger partial charge in [0.15, 0.2) is 0 Å². The number of thioether (sulfide) groups is 1. The first kappa shape index (κ1) is 15.7. The van der Waals surface area contributed by atoms with E-state index in [0.29, 0.717) is 12.0 Å². The summed E-state index contributed by atoms with van der Waals surface area (Å²) >= 11 is 1.88. The molecule has 1 aromatic rings. The molecule has 0 amide bonds. The molecule has 1 saturated carbocycles. The SMILES string of the molecule is O=c1cc2c(nn1CC1CN(C3CCCCC3O)C1)CCSC2.